The average molecular weight is 305 g/mol. The molecule has 0 radical (unpaired) electrons. The molecule has 0 aliphatic heterocycles. The maximum absolute atomic E-state index is 9.05. The Morgan fingerprint density at radius 1 is 1.14 bits per heavy atom. The maximum Gasteiger partial charge on any atom is 0.0606 e. The van der Waals surface area contributed by atoms with E-state index in [0.717, 1.165) is 35.1 Å². The van der Waals surface area contributed by atoms with Gasteiger partial charge in [0.2, 0.25) is 0 Å². The molecule has 0 amide bonds. The van der Waals surface area contributed by atoms with Crippen molar-refractivity contribution in [2.24, 2.45) is 0 Å². The molecule has 0 spiro atoms. The maximum atomic E-state index is 9.05. The van der Waals surface area contributed by atoms with E-state index in [-0.39, 0.29) is 6.61 Å². The van der Waals surface area contributed by atoms with E-state index in [1.807, 2.05) is 24.3 Å². The van der Waals surface area contributed by atoms with Gasteiger partial charge in [-0.2, -0.15) is 0 Å². The molecule has 0 saturated carbocycles. The summed E-state index contributed by atoms with van der Waals surface area (Å²) in [5, 5.41) is 13.2. The molecule has 4 heteroatoms. The molecule has 2 aromatic carbocycles. The van der Waals surface area contributed by atoms with Gasteiger partial charge in [-0.1, -0.05) is 23.7 Å². The Labute approximate surface area is 131 Å². The summed E-state index contributed by atoms with van der Waals surface area (Å²) in [4.78, 5) is 2.14. The summed E-state index contributed by atoms with van der Waals surface area (Å²) in [6.07, 6.45) is 0. The van der Waals surface area contributed by atoms with Gasteiger partial charge in [0.1, 0.15) is 0 Å². The van der Waals surface area contributed by atoms with Crippen molar-refractivity contribution in [3.8, 4) is 0 Å². The van der Waals surface area contributed by atoms with Crippen molar-refractivity contribution in [1.82, 2.24) is 0 Å². The van der Waals surface area contributed by atoms with Crippen molar-refractivity contribution in [1.29, 1.82) is 0 Å². The van der Waals surface area contributed by atoms with Crippen molar-refractivity contribution in [2.45, 2.75) is 13.5 Å². The van der Waals surface area contributed by atoms with Gasteiger partial charge in [0.25, 0.3) is 0 Å². The van der Waals surface area contributed by atoms with Crippen molar-refractivity contribution < 1.29 is 5.11 Å². The summed E-state index contributed by atoms with van der Waals surface area (Å²) in [6, 6.07) is 16.1. The van der Waals surface area contributed by atoms with E-state index in [1.54, 1.807) is 0 Å². The molecule has 0 bridgehead atoms. The fourth-order valence-corrected chi connectivity index (χ4v) is 2.44. The number of benzene rings is 2. The van der Waals surface area contributed by atoms with E-state index in [4.69, 9.17) is 16.7 Å². The Bertz CT molecular complexity index is 557. The normalized spacial score (nSPS) is 10.4. The highest BCUT2D eigenvalue weighted by atomic mass is 35.5. The quantitative estimate of drug-likeness (QED) is 0.817. The smallest absolute Gasteiger partial charge is 0.0606 e. The molecule has 21 heavy (non-hydrogen) atoms. The summed E-state index contributed by atoms with van der Waals surface area (Å²) in [5.41, 5.74) is 3.35. The predicted octanol–water partition coefficient (Wildman–Crippen LogP) is 3.77. The number of hydrogen-bond acceptors (Lipinski definition) is 3. The van der Waals surface area contributed by atoms with Crippen LogP contribution in [0.1, 0.15) is 12.5 Å². The standard InChI is InChI=1S/C17H21ClN2O/c1-2-20(10-11-21)17-8-6-16(7-9-17)19-13-14-4-3-5-15(18)12-14/h3-9,12,19,21H,2,10-11,13H2,1H3. The number of hydrogen-bond donors (Lipinski definition) is 2. The third-order valence-electron chi connectivity index (χ3n) is 3.37. The number of anilines is 2. The number of aliphatic hydroxyl groups is 1. The Morgan fingerprint density at radius 2 is 1.90 bits per heavy atom. The molecule has 2 aromatic rings. The van der Waals surface area contributed by atoms with Gasteiger partial charge in [-0.3, -0.25) is 0 Å². The van der Waals surface area contributed by atoms with Crippen LogP contribution in [0.2, 0.25) is 5.02 Å². The fourth-order valence-electron chi connectivity index (χ4n) is 2.23. The zero-order valence-electron chi connectivity index (χ0n) is 12.2. The minimum atomic E-state index is 0.169. The van der Waals surface area contributed by atoms with Crippen LogP contribution in [-0.2, 0) is 6.54 Å². The van der Waals surface area contributed by atoms with Gasteiger partial charge in [0, 0.05) is 36.0 Å². The molecular weight excluding hydrogens is 284 g/mol. The van der Waals surface area contributed by atoms with E-state index >= 15 is 0 Å². The van der Waals surface area contributed by atoms with Gasteiger partial charge in [-0.25, -0.2) is 0 Å². The van der Waals surface area contributed by atoms with Gasteiger partial charge in [-0.15, -0.1) is 0 Å². The van der Waals surface area contributed by atoms with Crippen LogP contribution in [-0.4, -0.2) is 24.8 Å². The van der Waals surface area contributed by atoms with Gasteiger partial charge in [0.15, 0.2) is 0 Å². The molecule has 0 unspecified atom stereocenters. The van der Waals surface area contributed by atoms with E-state index in [2.05, 4.69) is 41.4 Å². The molecule has 0 heterocycles. The van der Waals surface area contributed by atoms with Gasteiger partial charge in [-0.05, 0) is 48.9 Å². The molecule has 2 N–H and O–H groups in total. The first-order valence-electron chi connectivity index (χ1n) is 7.17. The minimum Gasteiger partial charge on any atom is -0.395 e. The molecular formula is C17H21ClN2O. The van der Waals surface area contributed by atoms with Crippen molar-refractivity contribution in [3.63, 3.8) is 0 Å². The lowest BCUT2D eigenvalue weighted by molar-refractivity contribution is 0.302. The zero-order chi connectivity index (χ0) is 15.1. The molecule has 3 nitrogen and oxygen atoms in total. The highest BCUT2D eigenvalue weighted by Gasteiger charge is 2.03. The van der Waals surface area contributed by atoms with E-state index < -0.39 is 0 Å². The van der Waals surface area contributed by atoms with Crippen LogP contribution >= 0.6 is 11.6 Å². The van der Waals surface area contributed by atoms with E-state index in [0.29, 0.717) is 6.54 Å². The van der Waals surface area contributed by atoms with Gasteiger partial charge < -0.3 is 15.3 Å². The lowest BCUT2D eigenvalue weighted by Gasteiger charge is -2.22. The number of rotatable bonds is 7. The summed E-state index contributed by atoms with van der Waals surface area (Å²) >= 11 is 5.97. The average Bonchev–Trinajstić information content (AvgIpc) is 2.51. The van der Waals surface area contributed by atoms with Crippen LogP contribution in [0.3, 0.4) is 0 Å². The highest BCUT2D eigenvalue weighted by Crippen LogP contribution is 2.19. The summed E-state index contributed by atoms with van der Waals surface area (Å²) in [6.45, 7) is 4.54. The molecule has 0 aromatic heterocycles. The number of likely N-dealkylation sites (N-methyl/N-ethyl adjacent to an activating group) is 1. The van der Waals surface area contributed by atoms with E-state index in [1.165, 1.54) is 0 Å². The Morgan fingerprint density at radius 3 is 2.52 bits per heavy atom. The van der Waals surface area contributed by atoms with Crippen LogP contribution in [0.15, 0.2) is 48.5 Å². The van der Waals surface area contributed by atoms with Crippen molar-refractivity contribution in [3.05, 3.63) is 59.1 Å². The monoisotopic (exact) mass is 304 g/mol. The second-order valence-electron chi connectivity index (χ2n) is 4.83. The van der Waals surface area contributed by atoms with Crippen LogP contribution in [0.5, 0.6) is 0 Å². The van der Waals surface area contributed by atoms with E-state index in [9.17, 15) is 0 Å². The van der Waals surface area contributed by atoms with Gasteiger partial charge in [0.05, 0.1) is 6.61 Å². The number of nitrogens with zero attached hydrogens (tertiary/aromatic N) is 1. The summed E-state index contributed by atoms with van der Waals surface area (Å²) < 4.78 is 0. The number of nitrogens with one attached hydrogen (secondary N) is 1. The summed E-state index contributed by atoms with van der Waals surface area (Å²) in [7, 11) is 0. The lowest BCUT2D eigenvalue weighted by atomic mass is 10.2. The predicted molar refractivity (Wildman–Crippen MR) is 90.2 cm³/mol. The van der Waals surface area contributed by atoms with Crippen LogP contribution in [0.25, 0.3) is 0 Å². The Balaban J connectivity index is 1.96. The fraction of sp³-hybridized carbons (Fsp3) is 0.294. The largest absolute Gasteiger partial charge is 0.395 e. The lowest BCUT2D eigenvalue weighted by Crippen LogP contribution is -2.25. The molecule has 2 rings (SSSR count). The van der Waals surface area contributed by atoms with Gasteiger partial charge >= 0.3 is 0 Å². The minimum absolute atomic E-state index is 0.169. The third kappa shape index (κ3) is 4.66. The zero-order valence-corrected chi connectivity index (χ0v) is 13.0. The Hall–Kier alpha value is -1.71. The first kappa shape index (κ1) is 15.7. The van der Waals surface area contributed by atoms with Crippen molar-refractivity contribution >= 4 is 23.0 Å². The van der Waals surface area contributed by atoms with Crippen LogP contribution in [0.4, 0.5) is 11.4 Å². The topological polar surface area (TPSA) is 35.5 Å². The molecule has 0 fully saturated rings. The molecule has 0 aliphatic carbocycles. The molecule has 0 atom stereocenters. The number of aliphatic hydroxyl groups excluding tert-OH is 1. The second-order valence-corrected chi connectivity index (χ2v) is 5.27. The first-order chi connectivity index (χ1) is 10.2. The molecule has 0 aliphatic rings. The Kier molecular flexibility index (Phi) is 5.90. The van der Waals surface area contributed by atoms with Crippen LogP contribution < -0.4 is 10.2 Å². The SMILES string of the molecule is CCN(CCO)c1ccc(NCc2cccc(Cl)c2)cc1. The second kappa shape index (κ2) is 7.91. The molecule has 112 valence electrons. The van der Waals surface area contributed by atoms with Crippen molar-refractivity contribution in [2.75, 3.05) is 29.9 Å². The highest BCUT2D eigenvalue weighted by molar-refractivity contribution is 6.30. The molecule has 0 saturated heterocycles. The summed E-state index contributed by atoms with van der Waals surface area (Å²) in [5.74, 6) is 0. The first-order valence-corrected chi connectivity index (χ1v) is 7.55. The third-order valence-corrected chi connectivity index (χ3v) is 3.60. The van der Waals surface area contributed by atoms with Crippen LogP contribution in [0, 0.1) is 0 Å². The number of halogens is 1.